The molecule has 0 unspecified atom stereocenters. The van der Waals surface area contributed by atoms with E-state index in [1.165, 1.54) is 0 Å². The number of aryl methyl sites for hydroxylation is 1. The Morgan fingerprint density at radius 2 is 2.15 bits per heavy atom. The molecular weight excluding hydrogens is 276 g/mol. The average Bonchev–Trinajstić information content (AvgIpc) is 2.36. The Hall–Kier alpha value is -1.36. The topological polar surface area (TPSA) is 66.9 Å². The highest BCUT2D eigenvalue weighted by molar-refractivity contribution is 6.29. The first kappa shape index (κ1) is 16.7. The number of halogens is 1. The van der Waals surface area contributed by atoms with Gasteiger partial charge in [-0.25, -0.2) is 9.97 Å². The predicted octanol–water partition coefficient (Wildman–Crippen LogP) is 2.66. The van der Waals surface area contributed by atoms with Gasteiger partial charge in [0.1, 0.15) is 16.8 Å². The van der Waals surface area contributed by atoms with E-state index in [-0.39, 0.29) is 5.91 Å². The van der Waals surface area contributed by atoms with Gasteiger partial charge in [0.15, 0.2) is 0 Å². The Kier molecular flexibility index (Phi) is 7.30. The molecule has 1 aromatic heterocycles. The molecule has 0 aliphatic rings. The molecule has 0 spiro atoms. The van der Waals surface area contributed by atoms with E-state index in [0.717, 1.165) is 18.7 Å². The summed E-state index contributed by atoms with van der Waals surface area (Å²) in [6.07, 6.45) is 2.18. The van der Waals surface area contributed by atoms with Gasteiger partial charge in [-0.3, -0.25) is 4.79 Å². The van der Waals surface area contributed by atoms with Gasteiger partial charge in [-0.1, -0.05) is 32.4 Å². The maximum absolute atomic E-state index is 11.6. The first-order valence-corrected chi connectivity index (χ1v) is 7.43. The van der Waals surface area contributed by atoms with Crippen LogP contribution in [0.15, 0.2) is 6.07 Å². The number of aromatic nitrogens is 2. The highest BCUT2D eigenvalue weighted by Gasteiger charge is 2.05. The van der Waals surface area contributed by atoms with E-state index in [4.69, 9.17) is 11.6 Å². The first-order chi connectivity index (χ1) is 9.51. The van der Waals surface area contributed by atoms with Crippen molar-refractivity contribution in [3.63, 3.8) is 0 Å². The average molecular weight is 299 g/mol. The van der Waals surface area contributed by atoms with Crippen LogP contribution in [0.25, 0.3) is 0 Å². The van der Waals surface area contributed by atoms with Crippen LogP contribution in [0.3, 0.4) is 0 Å². The maximum atomic E-state index is 11.6. The molecule has 112 valence electrons. The summed E-state index contributed by atoms with van der Waals surface area (Å²) in [6, 6.07) is 1.67. The summed E-state index contributed by atoms with van der Waals surface area (Å²) in [5.41, 5.74) is 0. The van der Waals surface area contributed by atoms with E-state index in [9.17, 15) is 4.79 Å². The lowest BCUT2D eigenvalue weighted by atomic mass is 10.2. The van der Waals surface area contributed by atoms with Crippen molar-refractivity contribution in [3.05, 3.63) is 17.0 Å². The van der Waals surface area contributed by atoms with Gasteiger partial charge in [-0.05, 0) is 12.3 Å². The number of nitrogens with one attached hydrogen (secondary N) is 2. The van der Waals surface area contributed by atoms with Crippen molar-refractivity contribution in [3.8, 4) is 0 Å². The second kappa shape index (κ2) is 8.74. The van der Waals surface area contributed by atoms with Gasteiger partial charge in [0.25, 0.3) is 0 Å². The number of rotatable bonds is 8. The van der Waals surface area contributed by atoms with Gasteiger partial charge < -0.3 is 10.6 Å². The van der Waals surface area contributed by atoms with Crippen molar-refractivity contribution < 1.29 is 4.79 Å². The molecule has 0 atom stereocenters. The molecule has 1 rings (SSSR count). The summed E-state index contributed by atoms with van der Waals surface area (Å²) in [6.45, 7) is 7.44. The largest absolute Gasteiger partial charge is 0.369 e. The molecule has 1 heterocycles. The summed E-state index contributed by atoms with van der Waals surface area (Å²) in [4.78, 5) is 20.1. The van der Waals surface area contributed by atoms with E-state index in [1.807, 2.05) is 0 Å². The highest BCUT2D eigenvalue weighted by Crippen LogP contribution is 2.12. The molecule has 0 saturated carbocycles. The smallest absolute Gasteiger partial charge is 0.221 e. The SMILES string of the molecule is CCCc1nc(Cl)cc(NCCC(=O)NCC(C)C)n1. The van der Waals surface area contributed by atoms with Crippen LogP contribution in [0.2, 0.25) is 5.15 Å². The lowest BCUT2D eigenvalue weighted by molar-refractivity contribution is -0.120. The van der Waals surface area contributed by atoms with Gasteiger partial charge in [-0.15, -0.1) is 0 Å². The molecule has 1 aromatic rings. The number of anilines is 1. The molecule has 0 saturated heterocycles. The zero-order valence-corrected chi connectivity index (χ0v) is 13.1. The Morgan fingerprint density at radius 3 is 2.80 bits per heavy atom. The summed E-state index contributed by atoms with van der Waals surface area (Å²) >= 11 is 5.94. The van der Waals surface area contributed by atoms with Gasteiger partial charge in [0, 0.05) is 32.0 Å². The van der Waals surface area contributed by atoms with Gasteiger partial charge >= 0.3 is 0 Å². The lowest BCUT2D eigenvalue weighted by Gasteiger charge is -2.09. The minimum Gasteiger partial charge on any atom is -0.369 e. The zero-order chi connectivity index (χ0) is 15.0. The standard InChI is InChI=1S/C14H23ClN4O/c1-4-5-12-18-11(15)8-13(19-12)16-7-6-14(20)17-9-10(2)3/h8,10H,4-7,9H2,1-3H3,(H,17,20)(H,16,18,19). The lowest BCUT2D eigenvalue weighted by Crippen LogP contribution is -2.28. The molecule has 0 aliphatic heterocycles. The maximum Gasteiger partial charge on any atom is 0.221 e. The molecule has 0 bridgehead atoms. The first-order valence-electron chi connectivity index (χ1n) is 7.05. The van der Waals surface area contributed by atoms with Crippen LogP contribution in [0.1, 0.15) is 39.4 Å². The fourth-order valence-corrected chi connectivity index (χ4v) is 1.80. The van der Waals surface area contributed by atoms with Crippen LogP contribution in [0.5, 0.6) is 0 Å². The number of carbonyl (C=O) groups excluding carboxylic acids is 1. The number of amides is 1. The van der Waals surface area contributed by atoms with E-state index in [0.29, 0.717) is 36.4 Å². The quantitative estimate of drug-likeness (QED) is 0.724. The van der Waals surface area contributed by atoms with Crippen LogP contribution >= 0.6 is 11.6 Å². The second-order valence-electron chi connectivity index (χ2n) is 5.12. The third-order valence-corrected chi connectivity index (χ3v) is 2.77. The molecule has 0 aromatic carbocycles. The van der Waals surface area contributed by atoms with E-state index in [2.05, 4.69) is 41.4 Å². The van der Waals surface area contributed by atoms with Gasteiger partial charge in [-0.2, -0.15) is 0 Å². The molecule has 2 N–H and O–H groups in total. The number of hydrogen-bond donors (Lipinski definition) is 2. The summed E-state index contributed by atoms with van der Waals surface area (Å²) in [5.74, 6) is 1.90. The Morgan fingerprint density at radius 1 is 1.40 bits per heavy atom. The van der Waals surface area contributed by atoms with Crippen molar-refractivity contribution in [1.82, 2.24) is 15.3 Å². The number of hydrogen-bond acceptors (Lipinski definition) is 4. The third kappa shape index (κ3) is 6.70. The molecule has 1 amide bonds. The van der Waals surface area contributed by atoms with E-state index < -0.39 is 0 Å². The summed E-state index contributed by atoms with van der Waals surface area (Å²) < 4.78 is 0. The van der Waals surface area contributed by atoms with Crippen LogP contribution in [-0.2, 0) is 11.2 Å². The second-order valence-corrected chi connectivity index (χ2v) is 5.50. The van der Waals surface area contributed by atoms with Crippen molar-refractivity contribution in [2.75, 3.05) is 18.4 Å². The van der Waals surface area contributed by atoms with Gasteiger partial charge in [0.2, 0.25) is 5.91 Å². The fraction of sp³-hybridized carbons (Fsp3) is 0.643. The zero-order valence-electron chi connectivity index (χ0n) is 12.4. The van der Waals surface area contributed by atoms with Crippen LogP contribution in [0, 0.1) is 5.92 Å². The summed E-state index contributed by atoms with van der Waals surface area (Å²) in [7, 11) is 0. The minimum atomic E-state index is 0.0418. The van der Waals surface area contributed by atoms with Gasteiger partial charge in [0.05, 0.1) is 0 Å². The highest BCUT2D eigenvalue weighted by atomic mass is 35.5. The number of nitrogens with zero attached hydrogens (tertiary/aromatic N) is 2. The molecule has 20 heavy (non-hydrogen) atoms. The molecule has 0 fully saturated rings. The predicted molar refractivity (Wildman–Crippen MR) is 82.0 cm³/mol. The Bertz CT molecular complexity index is 437. The number of carbonyl (C=O) groups is 1. The monoisotopic (exact) mass is 298 g/mol. The van der Waals surface area contributed by atoms with Crippen LogP contribution < -0.4 is 10.6 Å². The van der Waals surface area contributed by atoms with E-state index in [1.54, 1.807) is 6.07 Å². The molecular formula is C14H23ClN4O. The third-order valence-electron chi connectivity index (χ3n) is 2.58. The Balaban J connectivity index is 2.39. The molecule has 6 heteroatoms. The van der Waals surface area contributed by atoms with Crippen LogP contribution in [0.4, 0.5) is 5.82 Å². The van der Waals surface area contributed by atoms with Crippen molar-refractivity contribution >= 4 is 23.3 Å². The van der Waals surface area contributed by atoms with Crippen LogP contribution in [-0.4, -0.2) is 29.0 Å². The Labute approximate surface area is 125 Å². The minimum absolute atomic E-state index is 0.0418. The normalized spacial score (nSPS) is 10.7. The molecule has 5 nitrogen and oxygen atoms in total. The summed E-state index contributed by atoms with van der Waals surface area (Å²) in [5, 5.41) is 6.41. The van der Waals surface area contributed by atoms with Crippen molar-refractivity contribution in [1.29, 1.82) is 0 Å². The fourth-order valence-electron chi connectivity index (χ4n) is 1.60. The van der Waals surface area contributed by atoms with E-state index >= 15 is 0 Å². The van der Waals surface area contributed by atoms with Crippen molar-refractivity contribution in [2.45, 2.75) is 40.0 Å². The van der Waals surface area contributed by atoms with Crippen molar-refractivity contribution in [2.24, 2.45) is 5.92 Å². The molecule has 0 radical (unpaired) electrons. The molecule has 0 aliphatic carbocycles.